The van der Waals surface area contributed by atoms with Crippen LogP contribution in [-0.4, -0.2) is 35.6 Å². The highest BCUT2D eigenvalue weighted by atomic mass is 16.4. The lowest BCUT2D eigenvalue weighted by Crippen LogP contribution is -2.27. The molecule has 0 fully saturated rings. The van der Waals surface area contributed by atoms with Gasteiger partial charge in [-0.1, -0.05) is 181 Å². The molecule has 0 aromatic heterocycles. The van der Waals surface area contributed by atoms with Gasteiger partial charge in [0.1, 0.15) is 0 Å². The van der Waals surface area contributed by atoms with Crippen LogP contribution in [0.4, 0.5) is 0 Å². The zero-order chi connectivity index (χ0) is 29.9. The van der Waals surface area contributed by atoms with Crippen molar-refractivity contribution < 1.29 is 9.90 Å². The normalized spacial score (nSPS) is 11.3. The van der Waals surface area contributed by atoms with Gasteiger partial charge in [0, 0.05) is 12.5 Å². The summed E-state index contributed by atoms with van der Waals surface area (Å²) < 4.78 is 0. The average Bonchev–Trinajstić information content (AvgIpc) is 2.93. The summed E-state index contributed by atoms with van der Waals surface area (Å²) in [5.74, 6) is -0.653. The minimum atomic E-state index is -0.653. The second-order valence-electron chi connectivity index (χ2n) is 12.9. The molecule has 1 N–H and O–H groups in total. The first-order valence-electron chi connectivity index (χ1n) is 18.4. The summed E-state index contributed by atoms with van der Waals surface area (Å²) in [6.07, 6.45) is 39.0. The zero-order valence-corrected chi connectivity index (χ0v) is 28.6. The lowest BCUT2D eigenvalue weighted by Gasteiger charge is -2.20. The van der Waals surface area contributed by atoms with Crippen molar-refractivity contribution in [3.05, 3.63) is 0 Å². The van der Waals surface area contributed by atoms with E-state index in [9.17, 15) is 4.79 Å². The number of aliphatic carboxylic acids is 1. The molecule has 0 bridgehead atoms. The third kappa shape index (κ3) is 39.6. The van der Waals surface area contributed by atoms with E-state index in [4.69, 9.17) is 5.11 Å². The van der Waals surface area contributed by atoms with Gasteiger partial charge in [0.25, 0.3) is 0 Å². The van der Waals surface area contributed by atoms with Gasteiger partial charge in [-0.25, -0.2) is 0 Å². The summed E-state index contributed by atoms with van der Waals surface area (Å²) in [6.45, 7) is 10.4. The summed E-state index contributed by atoms with van der Waals surface area (Å²) in [7, 11) is 2.24. The molecule has 0 atom stereocenters. The molecule has 0 amide bonds. The molecule has 0 spiro atoms. The molecule has 0 unspecified atom stereocenters. The lowest BCUT2D eigenvalue weighted by molar-refractivity contribution is -0.137. The molecule has 0 aromatic carbocycles. The van der Waals surface area contributed by atoms with Gasteiger partial charge in [-0.15, -0.1) is 0 Å². The van der Waals surface area contributed by atoms with E-state index in [-0.39, 0.29) is 0 Å². The minimum absolute atomic E-state index is 0.345. The van der Waals surface area contributed by atoms with E-state index < -0.39 is 5.97 Å². The highest BCUT2D eigenvalue weighted by molar-refractivity contribution is 5.66. The maximum absolute atomic E-state index is 10.3. The van der Waals surface area contributed by atoms with Crippen LogP contribution in [0, 0.1) is 0 Å². The van der Waals surface area contributed by atoms with Gasteiger partial charge in [-0.2, -0.15) is 0 Å². The fraction of sp³-hybridized carbons (Fsp3) is 0.973. The number of hydrogen-bond acceptors (Lipinski definition) is 2. The van der Waals surface area contributed by atoms with Gasteiger partial charge in [0.2, 0.25) is 0 Å². The number of carboxylic acid groups (broad SMARTS) is 1. The molecule has 0 aliphatic rings. The summed E-state index contributed by atoms with van der Waals surface area (Å²) >= 11 is 0. The standard InChI is InChI=1S/C19H41N.C18H36O2/c1-5-6-7-8-9-10-11-12-13-14-15-16-17-18-20(4)19(2)3;1-2-3-4-5-6-7-8-9-10-11-12-13-14-15-16-17-18(19)20/h19H,5-18H2,1-4H3;2-17H2,1H3,(H,19,20). The first-order chi connectivity index (χ1) is 19.5. The molecule has 0 rings (SSSR count). The number of hydrogen-bond donors (Lipinski definition) is 1. The topological polar surface area (TPSA) is 40.5 Å². The smallest absolute Gasteiger partial charge is 0.303 e. The Kier molecular flexibility index (Phi) is 37.9. The predicted molar refractivity (Wildman–Crippen MR) is 181 cm³/mol. The van der Waals surface area contributed by atoms with Gasteiger partial charge in [0.15, 0.2) is 0 Å². The zero-order valence-electron chi connectivity index (χ0n) is 28.6. The van der Waals surface area contributed by atoms with Gasteiger partial charge in [0.05, 0.1) is 0 Å². The Hall–Kier alpha value is -0.570. The molecule has 0 saturated carbocycles. The van der Waals surface area contributed by atoms with E-state index in [0.717, 1.165) is 12.8 Å². The summed E-state index contributed by atoms with van der Waals surface area (Å²) in [5.41, 5.74) is 0. The molecule has 0 heterocycles. The molecule has 0 aliphatic heterocycles. The van der Waals surface area contributed by atoms with Crippen molar-refractivity contribution in [1.29, 1.82) is 0 Å². The number of carbonyl (C=O) groups is 1. The van der Waals surface area contributed by atoms with E-state index in [2.05, 4.69) is 39.6 Å². The second-order valence-corrected chi connectivity index (χ2v) is 12.9. The molecule has 0 saturated heterocycles. The molecule has 40 heavy (non-hydrogen) atoms. The Morgan fingerprint density at radius 2 is 0.725 bits per heavy atom. The van der Waals surface area contributed by atoms with E-state index >= 15 is 0 Å². The third-order valence-electron chi connectivity index (χ3n) is 8.49. The van der Waals surface area contributed by atoms with Crippen LogP contribution in [0.3, 0.4) is 0 Å². The monoisotopic (exact) mass is 568 g/mol. The minimum Gasteiger partial charge on any atom is -0.481 e. The van der Waals surface area contributed by atoms with Gasteiger partial charge in [-0.05, 0) is 40.3 Å². The Balaban J connectivity index is 0. The fourth-order valence-corrected chi connectivity index (χ4v) is 5.28. The quantitative estimate of drug-likeness (QED) is 0.0847. The van der Waals surface area contributed by atoms with Crippen LogP contribution in [0.2, 0.25) is 0 Å². The van der Waals surface area contributed by atoms with Crippen LogP contribution in [0.1, 0.15) is 214 Å². The molecular formula is C37H77NO2. The molecule has 0 aliphatic carbocycles. The Bertz CT molecular complexity index is 465. The van der Waals surface area contributed by atoms with Gasteiger partial charge < -0.3 is 10.0 Å². The maximum Gasteiger partial charge on any atom is 0.303 e. The Morgan fingerprint density at radius 3 is 0.975 bits per heavy atom. The van der Waals surface area contributed by atoms with Crippen molar-refractivity contribution in [2.24, 2.45) is 0 Å². The van der Waals surface area contributed by atoms with E-state index in [1.165, 1.54) is 173 Å². The van der Waals surface area contributed by atoms with Crippen molar-refractivity contribution in [3.8, 4) is 0 Å². The van der Waals surface area contributed by atoms with Crippen LogP contribution in [0.15, 0.2) is 0 Å². The van der Waals surface area contributed by atoms with Crippen molar-refractivity contribution in [3.63, 3.8) is 0 Å². The summed E-state index contributed by atoms with van der Waals surface area (Å²) in [6, 6.07) is 0.701. The van der Waals surface area contributed by atoms with Crippen LogP contribution in [0.25, 0.3) is 0 Å². The van der Waals surface area contributed by atoms with Crippen molar-refractivity contribution >= 4 is 5.97 Å². The lowest BCUT2D eigenvalue weighted by atomic mass is 10.0. The van der Waals surface area contributed by atoms with Crippen molar-refractivity contribution in [1.82, 2.24) is 4.90 Å². The SMILES string of the molecule is CCCCCCCCCCCCCCCCCC(=O)O.CCCCCCCCCCCCCCCN(C)C(C)C. The molecule has 242 valence electrons. The van der Waals surface area contributed by atoms with Gasteiger partial charge >= 0.3 is 5.97 Å². The van der Waals surface area contributed by atoms with Crippen LogP contribution >= 0.6 is 0 Å². The van der Waals surface area contributed by atoms with Crippen LogP contribution in [-0.2, 0) is 4.79 Å². The maximum atomic E-state index is 10.3. The number of unbranched alkanes of at least 4 members (excludes halogenated alkanes) is 26. The highest BCUT2D eigenvalue weighted by Gasteiger charge is 2.02. The Labute approximate surface area is 254 Å². The molecule has 0 aromatic rings. The van der Waals surface area contributed by atoms with Crippen molar-refractivity contribution in [2.75, 3.05) is 13.6 Å². The first kappa shape index (κ1) is 41.6. The molecule has 0 radical (unpaired) electrons. The van der Waals surface area contributed by atoms with E-state index in [1.807, 2.05) is 0 Å². The van der Waals surface area contributed by atoms with Crippen molar-refractivity contribution in [2.45, 2.75) is 220 Å². The summed E-state index contributed by atoms with van der Waals surface area (Å²) in [5, 5.41) is 8.52. The third-order valence-corrected chi connectivity index (χ3v) is 8.49. The predicted octanol–water partition coefficient (Wildman–Crippen LogP) is 12.8. The largest absolute Gasteiger partial charge is 0.481 e. The molecular weight excluding hydrogens is 490 g/mol. The second kappa shape index (κ2) is 36.5. The molecule has 3 heteroatoms. The first-order valence-corrected chi connectivity index (χ1v) is 18.4. The van der Waals surface area contributed by atoms with Gasteiger partial charge in [-0.3, -0.25) is 4.79 Å². The van der Waals surface area contributed by atoms with Crippen LogP contribution < -0.4 is 0 Å². The molecule has 3 nitrogen and oxygen atoms in total. The van der Waals surface area contributed by atoms with E-state index in [1.54, 1.807) is 0 Å². The highest BCUT2D eigenvalue weighted by Crippen LogP contribution is 2.14. The van der Waals surface area contributed by atoms with E-state index in [0.29, 0.717) is 12.5 Å². The number of rotatable bonds is 31. The number of carboxylic acids is 1. The summed E-state index contributed by atoms with van der Waals surface area (Å²) in [4.78, 5) is 12.8. The fourth-order valence-electron chi connectivity index (χ4n) is 5.28. The number of nitrogens with zero attached hydrogens (tertiary/aromatic N) is 1. The Morgan fingerprint density at radius 1 is 0.475 bits per heavy atom. The average molecular weight is 568 g/mol. The van der Waals surface area contributed by atoms with Crippen LogP contribution in [0.5, 0.6) is 0 Å².